The molecule has 2 aliphatic rings. The Morgan fingerprint density at radius 3 is 2.69 bits per heavy atom. The summed E-state index contributed by atoms with van der Waals surface area (Å²) in [4.78, 5) is 36.7. The summed E-state index contributed by atoms with van der Waals surface area (Å²) in [6.45, 7) is 1.79. The molecular weight excluding hydrogens is 475 g/mol. The van der Waals surface area contributed by atoms with Crippen LogP contribution in [0.2, 0.25) is 0 Å². The van der Waals surface area contributed by atoms with E-state index in [1.54, 1.807) is 6.92 Å². The summed E-state index contributed by atoms with van der Waals surface area (Å²) in [5.74, 6) is -3.67. The van der Waals surface area contributed by atoms with Gasteiger partial charge in [0, 0.05) is 11.5 Å². The van der Waals surface area contributed by atoms with Crippen molar-refractivity contribution in [1.29, 1.82) is 0 Å². The van der Waals surface area contributed by atoms with E-state index < -0.39 is 52.3 Å². The lowest BCUT2D eigenvalue weighted by molar-refractivity contribution is -0.173. The topological polar surface area (TPSA) is 110 Å². The molecule has 2 aliphatic heterocycles. The number of halogens is 3. The molecule has 0 aliphatic carbocycles. The van der Waals surface area contributed by atoms with Gasteiger partial charge in [-0.05, 0) is 24.3 Å². The number of ether oxygens (including phenoxy) is 1. The fourth-order valence-corrected chi connectivity index (χ4v) is 6.16. The van der Waals surface area contributed by atoms with Crippen LogP contribution in [0.25, 0.3) is 0 Å². The minimum absolute atomic E-state index is 0.190. The number of hydrogen-bond donors (Lipinski definition) is 1. The Morgan fingerprint density at radius 2 is 2.10 bits per heavy atom. The lowest BCUT2D eigenvalue weighted by Crippen LogP contribution is -2.66. The summed E-state index contributed by atoms with van der Waals surface area (Å²) in [5, 5.41) is 17.4. The zero-order valence-electron chi connectivity index (χ0n) is 14.5. The molecule has 3 heterocycles. The highest BCUT2D eigenvalue weighted by atomic mass is 32.2. The Kier molecular flexibility index (Phi) is 6.70. The van der Waals surface area contributed by atoms with E-state index in [4.69, 9.17) is 4.74 Å². The number of aromatic nitrogens is 2. The molecule has 1 fully saturated rings. The average Bonchev–Trinajstić information content (AvgIpc) is 3.06. The first-order valence-electron chi connectivity index (χ1n) is 7.80. The van der Waals surface area contributed by atoms with Gasteiger partial charge in [0.2, 0.25) is 6.10 Å². The lowest BCUT2D eigenvalue weighted by atomic mass is 10.1. The zero-order chi connectivity index (χ0) is 21.3. The van der Waals surface area contributed by atoms with Crippen molar-refractivity contribution in [3.8, 4) is 0 Å². The third-order valence-corrected chi connectivity index (χ3v) is 7.77. The summed E-state index contributed by atoms with van der Waals surface area (Å²) in [6, 6.07) is 0. The Bertz CT molecular complexity index is 875. The van der Waals surface area contributed by atoms with Gasteiger partial charge in [-0.15, -0.1) is 22.0 Å². The number of carbonyl (C=O) groups excluding carboxylic acids is 2. The fraction of sp³-hybridized carbons (Fsp3) is 0.500. The maximum atomic E-state index is 12.4. The van der Waals surface area contributed by atoms with Crippen molar-refractivity contribution in [2.45, 2.75) is 28.2 Å². The standard InChI is InChI=1S/C14H12F3N3O5S4/c1-5-18-19-13(29-5)27-3-6-2-26-11-9(10(22)20(11)8(6)12(23)24)25-7(21)4-28-14(15,16)17/h9,11H,2-4H2,1H3,(H,23,24)/t9-,11-/m1/s1. The summed E-state index contributed by atoms with van der Waals surface area (Å²) in [6.07, 6.45) is -1.30. The van der Waals surface area contributed by atoms with Crippen LogP contribution in [0.1, 0.15) is 5.01 Å². The summed E-state index contributed by atoms with van der Waals surface area (Å²) in [5.41, 5.74) is -4.28. The molecule has 8 nitrogen and oxygen atoms in total. The molecule has 29 heavy (non-hydrogen) atoms. The molecule has 1 aromatic heterocycles. The van der Waals surface area contributed by atoms with Crippen LogP contribution in [0.15, 0.2) is 15.6 Å². The molecule has 0 bridgehead atoms. The predicted octanol–water partition coefficient (Wildman–Crippen LogP) is 2.36. The highest BCUT2D eigenvalue weighted by Crippen LogP contribution is 2.43. The van der Waals surface area contributed by atoms with E-state index in [9.17, 15) is 32.7 Å². The van der Waals surface area contributed by atoms with Crippen LogP contribution >= 0.6 is 46.6 Å². The van der Waals surface area contributed by atoms with Crippen molar-refractivity contribution in [3.63, 3.8) is 0 Å². The molecule has 0 unspecified atom stereocenters. The van der Waals surface area contributed by atoms with Crippen LogP contribution in [0.4, 0.5) is 13.2 Å². The largest absolute Gasteiger partial charge is 0.477 e. The van der Waals surface area contributed by atoms with Crippen LogP contribution in [0.3, 0.4) is 0 Å². The number of esters is 1. The Hall–Kier alpha value is -1.45. The number of nitrogens with zero attached hydrogens (tertiary/aromatic N) is 3. The van der Waals surface area contributed by atoms with Crippen molar-refractivity contribution in [3.05, 3.63) is 16.3 Å². The molecular formula is C14H12F3N3O5S4. The van der Waals surface area contributed by atoms with Gasteiger partial charge in [-0.1, -0.05) is 23.1 Å². The van der Waals surface area contributed by atoms with Crippen LogP contribution < -0.4 is 0 Å². The van der Waals surface area contributed by atoms with Gasteiger partial charge in [-0.25, -0.2) is 4.79 Å². The second kappa shape index (κ2) is 8.73. The number of aliphatic carboxylic acids is 1. The highest BCUT2D eigenvalue weighted by molar-refractivity contribution is 8.02. The number of thioether (sulfide) groups is 3. The number of carbonyl (C=O) groups is 3. The Labute approximate surface area is 178 Å². The van der Waals surface area contributed by atoms with E-state index in [1.165, 1.54) is 34.9 Å². The molecule has 0 spiro atoms. The molecule has 0 radical (unpaired) electrons. The number of β-lactam (4-membered cyclic amide) rings is 1. The molecule has 15 heteroatoms. The first-order chi connectivity index (χ1) is 13.6. The number of hydrogen-bond acceptors (Lipinski definition) is 10. The van der Waals surface area contributed by atoms with Crippen molar-refractivity contribution in [1.82, 2.24) is 15.1 Å². The van der Waals surface area contributed by atoms with Crippen molar-refractivity contribution in [2.75, 3.05) is 17.3 Å². The first kappa shape index (κ1) is 22.2. The second-order valence-electron chi connectivity index (χ2n) is 5.69. The maximum absolute atomic E-state index is 12.4. The van der Waals surface area contributed by atoms with E-state index in [-0.39, 0.29) is 17.2 Å². The van der Waals surface area contributed by atoms with Crippen LogP contribution in [0.5, 0.6) is 0 Å². The molecule has 1 aromatic rings. The van der Waals surface area contributed by atoms with Gasteiger partial charge in [0.1, 0.15) is 21.8 Å². The van der Waals surface area contributed by atoms with Crippen LogP contribution in [-0.4, -0.2) is 72.3 Å². The number of carboxylic acid groups (broad SMARTS) is 1. The smallest absolute Gasteiger partial charge is 0.442 e. The first-order valence-corrected chi connectivity index (χ1v) is 11.6. The minimum atomic E-state index is -4.59. The van der Waals surface area contributed by atoms with E-state index >= 15 is 0 Å². The molecule has 3 rings (SSSR count). The van der Waals surface area contributed by atoms with E-state index in [0.717, 1.165) is 9.91 Å². The number of amides is 1. The van der Waals surface area contributed by atoms with Gasteiger partial charge in [0.05, 0.1) is 0 Å². The van der Waals surface area contributed by atoms with Crippen LogP contribution in [0, 0.1) is 6.92 Å². The van der Waals surface area contributed by atoms with E-state index in [2.05, 4.69) is 10.2 Å². The number of fused-ring (bicyclic) bond motifs is 1. The molecule has 0 aromatic carbocycles. The molecule has 1 saturated heterocycles. The molecule has 2 atom stereocenters. The molecule has 1 amide bonds. The minimum Gasteiger partial charge on any atom is -0.477 e. The SMILES string of the molecule is Cc1nnc(SCC2=C(C(=O)O)N3C(=O)[C@@H](OC(=O)CSC(F)(F)F)[C@H]3SC2)s1. The summed E-state index contributed by atoms with van der Waals surface area (Å²) < 4.78 is 42.0. The molecule has 0 saturated carbocycles. The van der Waals surface area contributed by atoms with Gasteiger partial charge in [-0.2, -0.15) is 13.2 Å². The Balaban J connectivity index is 1.66. The number of alkyl halides is 3. The molecule has 158 valence electrons. The van der Waals surface area contributed by atoms with Gasteiger partial charge < -0.3 is 9.84 Å². The summed E-state index contributed by atoms with van der Waals surface area (Å²) in [7, 11) is 0. The zero-order valence-corrected chi connectivity index (χ0v) is 17.7. The van der Waals surface area contributed by atoms with Crippen LogP contribution in [-0.2, 0) is 19.1 Å². The highest BCUT2D eigenvalue weighted by Gasteiger charge is 2.55. The number of carboxylic acids is 1. The van der Waals surface area contributed by atoms with Gasteiger partial charge in [0.25, 0.3) is 5.91 Å². The second-order valence-corrected chi connectivity index (χ2v) is 10.2. The van der Waals surface area contributed by atoms with Crippen molar-refractivity contribution >= 4 is 64.5 Å². The Morgan fingerprint density at radius 1 is 1.38 bits per heavy atom. The van der Waals surface area contributed by atoms with E-state index in [1.807, 2.05) is 0 Å². The monoisotopic (exact) mass is 487 g/mol. The third kappa shape index (κ3) is 5.19. The lowest BCUT2D eigenvalue weighted by Gasteiger charge is -2.48. The number of rotatable bonds is 7. The average molecular weight is 488 g/mol. The fourth-order valence-electron chi connectivity index (χ4n) is 2.54. The van der Waals surface area contributed by atoms with Gasteiger partial charge in [-0.3, -0.25) is 14.5 Å². The maximum Gasteiger partial charge on any atom is 0.442 e. The van der Waals surface area contributed by atoms with Gasteiger partial charge in [0.15, 0.2) is 4.34 Å². The van der Waals surface area contributed by atoms with Crippen molar-refractivity contribution in [2.24, 2.45) is 0 Å². The third-order valence-electron chi connectivity index (χ3n) is 3.69. The van der Waals surface area contributed by atoms with Crippen molar-refractivity contribution < 1.29 is 37.4 Å². The molecule has 1 N–H and O–H groups in total. The quantitative estimate of drug-likeness (QED) is 0.350. The normalized spacial score (nSPS) is 21.7. The summed E-state index contributed by atoms with van der Waals surface area (Å²) >= 11 is 3.28. The predicted molar refractivity (Wildman–Crippen MR) is 102 cm³/mol. The number of aryl methyl sites for hydroxylation is 1. The van der Waals surface area contributed by atoms with Gasteiger partial charge >= 0.3 is 17.4 Å². The van der Waals surface area contributed by atoms with E-state index in [0.29, 0.717) is 9.91 Å².